The van der Waals surface area contributed by atoms with E-state index in [1.165, 1.54) is 6.20 Å². The van der Waals surface area contributed by atoms with E-state index >= 15 is 0 Å². The Bertz CT molecular complexity index is 647. The number of amides is 1. The van der Waals surface area contributed by atoms with Crippen molar-refractivity contribution in [3.63, 3.8) is 0 Å². The third-order valence-corrected chi connectivity index (χ3v) is 2.47. The van der Waals surface area contributed by atoms with Crippen molar-refractivity contribution in [3.8, 4) is 11.8 Å². The first-order chi connectivity index (χ1) is 9.70. The molecule has 0 aliphatic heterocycles. The van der Waals surface area contributed by atoms with Gasteiger partial charge in [0, 0.05) is 11.9 Å². The Kier molecular flexibility index (Phi) is 4.14. The van der Waals surface area contributed by atoms with Gasteiger partial charge < -0.3 is 15.8 Å². The highest BCUT2D eigenvalue weighted by Gasteiger charge is 2.10. The van der Waals surface area contributed by atoms with Crippen LogP contribution in [0.5, 0.6) is 5.75 Å². The SMILES string of the molecule is N#CCOc1ccc(NC(=O)c2ncccc2N)cc1. The zero-order valence-corrected chi connectivity index (χ0v) is 10.5. The second-order valence-electron chi connectivity index (χ2n) is 3.87. The summed E-state index contributed by atoms with van der Waals surface area (Å²) in [5.74, 6) is 0.177. The van der Waals surface area contributed by atoms with Crippen LogP contribution in [0.2, 0.25) is 0 Å². The summed E-state index contributed by atoms with van der Waals surface area (Å²) < 4.78 is 5.11. The van der Waals surface area contributed by atoms with Gasteiger partial charge in [-0.3, -0.25) is 4.79 Å². The zero-order chi connectivity index (χ0) is 14.4. The van der Waals surface area contributed by atoms with Crippen LogP contribution in [-0.2, 0) is 0 Å². The minimum Gasteiger partial charge on any atom is -0.479 e. The fraction of sp³-hybridized carbons (Fsp3) is 0.0714. The Morgan fingerprint density at radius 1 is 1.35 bits per heavy atom. The maximum absolute atomic E-state index is 12.0. The maximum Gasteiger partial charge on any atom is 0.276 e. The second kappa shape index (κ2) is 6.20. The summed E-state index contributed by atoms with van der Waals surface area (Å²) in [5.41, 5.74) is 6.76. The largest absolute Gasteiger partial charge is 0.479 e. The normalized spacial score (nSPS) is 9.55. The molecule has 0 fully saturated rings. The van der Waals surface area contributed by atoms with Gasteiger partial charge in [-0.25, -0.2) is 4.98 Å². The van der Waals surface area contributed by atoms with Gasteiger partial charge >= 0.3 is 0 Å². The molecule has 0 unspecified atom stereocenters. The van der Waals surface area contributed by atoms with Crippen molar-refractivity contribution in [2.45, 2.75) is 0 Å². The fourth-order valence-corrected chi connectivity index (χ4v) is 1.55. The summed E-state index contributed by atoms with van der Waals surface area (Å²) in [4.78, 5) is 15.9. The molecule has 0 bridgehead atoms. The molecule has 0 radical (unpaired) electrons. The van der Waals surface area contributed by atoms with E-state index < -0.39 is 0 Å². The molecule has 100 valence electrons. The number of aromatic nitrogens is 1. The average Bonchev–Trinajstić information content (AvgIpc) is 2.47. The van der Waals surface area contributed by atoms with Crippen molar-refractivity contribution >= 4 is 17.3 Å². The van der Waals surface area contributed by atoms with E-state index in [4.69, 9.17) is 15.7 Å². The van der Waals surface area contributed by atoms with Gasteiger partial charge in [-0.15, -0.1) is 0 Å². The van der Waals surface area contributed by atoms with Crippen LogP contribution in [0.25, 0.3) is 0 Å². The number of hydrogen-bond acceptors (Lipinski definition) is 5. The summed E-state index contributed by atoms with van der Waals surface area (Å²) in [6.45, 7) is -0.0177. The third-order valence-electron chi connectivity index (χ3n) is 2.47. The summed E-state index contributed by atoms with van der Waals surface area (Å²) in [6, 6.07) is 11.8. The Morgan fingerprint density at radius 2 is 2.10 bits per heavy atom. The predicted molar refractivity (Wildman–Crippen MR) is 74.2 cm³/mol. The number of nitriles is 1. The Hall–Kier alpha value is -3.07. The van der Waals surface area contributed by atoms with Crippen LogP contribution >= 0.6 is 0 Å². The number of hydrogen-bond donors (Lipinski definition) is 2. The van der Waals surface area contributed by atoms with Crippen molar-refractivity contribution in [1.29, 1.82) is 5.26 Å². The highest BCUT2D eigenvalue weighted by Crippen LogP contribution is 2.17. The van der Waals surface area contributed by atoms with Gasteiger partial charge in [0.2, 0.25) is 0 Å². The number of pyridine rings is 1. The highest BCUT2D eigenvalue weighted by atomic mass is 16.5. The number of ether oxygens (including phenoxy) is 1. The lowest BCUT2D eigenvalue weighted by Gasteiger charge is -2.07. The Morgan fingerprint density at radius 3 is 2.75 bits per heavy atom. The van der Waals surface area contributed by atoms with Crippen LogP contribution in [0.4, 0.5) is 11.4 Å². The van der Waals surface area contributed by atoms with E-state index in [2.05, 4.69) is 10.3 Å². The molecule has 1 aromatic carbocycles. The molecule has 2 aromatic rings. The topological polar surface area (TPSA) is 101 Å². The number of carbonyl (C=O) groups excluding carboxylic acids is 1. The number of anilines is 2. The molecule has 3 N–H and O–H groups in total. The van der Waals surface area contributed by atoms with Crippen molar-refractivity contribution in [2.75, 3.05) is 17.7 Å². The first kappa shape index (κ1) is 13.4. The second-order valence-corrected chi connectivity index (χ2v) is 3.87. The summed E-state index contributed by atoms with van der Waals surface area (Å²) in [6.07, 6.45) is 1.50. The van der Waals surface area contributed by atoms with Crippen LogP contribution < -0.4 is 15.8 Å². The number of nitrogens with two attached hydrogens (primary N) is 1. The molecule has 0 atom stereocenters. The molecule has 6 nitrogen and oxygen atoms in total. The summed E-state index contributed by atoms with van der Waals surface area (Å²) in [7, 11) is 0. The summed E-state index contributed by atoms with van der Waals surface area (Å²) >= 11 is 0. The predicted octanol–water partition coefficient (Wildman–Crippen LogP) is 1.82. The van der Waals surface area contributed by atoms with Crippen LogP contribution in [0, 0.1) is 11.3 Å². The standard InChI is InChI=1S/C14H12N4O2/c15-7-9-20-11-5-3-10(4-6-11)18-14(19)13-12(16)2-1-8-17-13/h1-6,8H,9,16H2,(H,18,19). The van der Waals surface area contributed by atoms with Crippen molar-refractivity contribution in [2.24, 2.45) is 0 Å². The van der Waals surface area contributed by atoms with Gasteiger partial charge in [0.1, 0.15) is 11.8 Å². The molecular formula is C14H12N4O2. The lowest BCUT2D eigenvalue weighted by atomic mass is 10.2. The number of rotatable bonds is 4. The van der Waals surface area contributed by atoms with Crippen molar-refractivity contribution < 1.29 is 9.53 Å². The van der Waals surface area contributed by atoms with Crippen LogP contribution in [-0.4, -0.2) is 17.5 Å². The molecule has 0 saturated heterocycles. The molecule has 0 saturated carbocycles. The maximum atomic E-state index is 12.0. The fourth-order valence-electron chi connectivity index (χ4n) is 1.55. The number of benzene rings is 1. The van der Waals surface area contributed by atoms with E-state index in [-0.39, 0.29) is 18.2 Å². The monoisotopic (exact) mass is 268 g/mol. The van der Waals surface area contributed by atoms with Gasteiger partial charge in [-0.1, -0.05) is 0 Å². The number of nitrogens with zero attached hydrogens (tertiary/aromatic N) is 2. The Labute approximate surface area is 115 Å². The van der Waals surface area contributed by atoms with Crippen LogP contribution in [0.3, 0.4) is 0 Å². The Balaban J connectivity index is 2.05. The van der Waals surface area contributed by atoms with Crippen molar-refractivity contribution in [3.05, 3.63) is 48.3 Å². The van der Waals surface area contributed by atoms with Gasteiger partial charge in [0.15, 0.2) is 12.3 Å². The highest BCUT2D eigenvalue weighted by molar-refractivity contribution is 6.06. The number of carbonyl (C=O) groups is 1. The molecule has 2 rings (SSSR count). The van der Waals surface area contributed by atoms with Crippen LogP contribution in [0.1, 0.15) is 10.5 Å². The van der Waals surface area contributed by atoms with Gasteiger partial charge in [0.05, 0.1) is 5.69 Å². The van der Waals surface area contributed by atoms with Crippen LogP contribution in [0.15, 0.2) is 42.6 Å². The lowest BCUT2D eigenvalue weighted by molar-refractivity contribution is 0.102. The third kappa shape index (κ3) is 3.23. The average molecular weight is 268 g/mol. The zero-order valence-electron chi connectivity index (χ0n) is 10.5. The quantitative estimate of drug-likeness (QED) is 0.880. The van der Waals surface area contributed by atoms with E-state index in [1.807, 2.05) is 6.07 Å². The molecule has 1 amide bonds. The minimum absolute atomic E-state index is 0.0177. The van der Waals surface area contributed by atoms with E-state index in [0.717, 1.165) is 0 Å². The molecule has 20 heavy (non-hydrogen) atoms. The molecule has 0 aliphatic rings. The summed E-state index contributed by atoms with van der Waals surface area (Å²) in [5, 5.41) is 11.1. The van der Waals surface area contributed by atoms with Crippen molar-refractivity contribution in [1.82, 2.24) is 4.98 Å². The number of nitrogen functional groups attached to an aromatic ring is 1. The van der Waals surface area contributed by atoms with Gasteiger partial charge in [-0.05, 0) is 36.4 Å². The number of nitrogens with one attached hydrogen (secondary N) is 1. The minimum atomic E-state index is -0.381. The molecule has 0 spiro atoms. The molecule has 1 aromatic heterocycles. The van der Waals surface area contributed by atoms with Gasteiger partial charge in [0.25, 0.3) is 5.91 Å². The molecule has 1 heterocycles. The van der Waals surface area contributed by atoms with E-state index in [1.54, 1.807) is 36.4 Å². The lowest BCUT2D eigenvalue weighted by Crippen LogP contribution is -2.15. The molecule has 0 aliphatic carbocycles. The van der Waals surface area contributed by atoms with Gasteiger partial charge in [-0.2, -0.15) is 5.26 Å². The first-order valence-corrected chi connectivity index (χ1v) is 5.82. The molecule has 6 heteroatoms. The van der Waals surface area contributed by atoms with E-state index in [9.17, 15) is 4.79 Å². The first-order valence-electron chi connectivity index (χ1n) is 5.82. The smallest absolute Gasteiger partial charge is 0.276 e. The molecular weight excluding hydrogens is 256 g/mol. The van der Waals surface area contributed by atoms with E-state index in [0.29, 0.717) is 17.1 Å².